The van der Waals surface area contributed by atoms with Gasteiger partial charge in [-0.2, -0.15) is 0 Å². The lowest BCUT2D eigenvalue weighted by Crippen LogP contribution is -2.50. The number of aryl methyl sites for hydroxylation is 1. The molecule has 3 aliphatic rings. The average molecular weight is 542 g/mol. The molecule has 5 rings (SSSR count). The van der Waals surface area contributed by atoms with Gasteiger partial charge in [0.1, 0.15) is 6.54 Å². The van der Waals surface area contributed by atoms with E-state index in [0.717, 1.165) is 38.0 Å². The lowest BCUT2D eigenvalue weighted by molar-refractivity contribution is -0.149. The van der Waals surface area contributed by atoms with Crippen molar-refractivity contribution in [2.45, 2.75) is 26.2 Å². The third kappa shape index (κ3) is 6.74. The summed E-state index contributed by atoms with van der Waals surface area (Å²) in [5.74, 6) is -0.607. The second-order valence-electron chi connectivity index (χ2n) is 9.35. The van der Waals surface area contributed by atoms with Gasteiger partial charge in [0.25, 0.3) is 11.8 Å². The fourth-order valence-electron chi connectivity index (χ4n) is 4.48. The van der Waals surface area contributed by atoms with Crippen molar-refractivity contribution < 1.29 is 24.0 Å². The number of nitrogens with zero attached hydrogens (tertiary/aromatic N) is 4. The fraction of sp³-hybridized carbons (Fsp3) is 0.407. The van der Waals surface area contributed by atoms with Crippen LogP contribution in [0.5, 0.6) is 0 Å². The number of nitrogens with one attached hydrogen (secondary N) is 1. The van der Waals surface area contributed by atoms with Gasteiger partial charge in [0.15, 0.2) is 0 Å². The van der Waals surface area contributed by atoms with E-state index in [9.17, 15) is 19.2 Å². The number of likely N-dealkylation sites (tertiary alicyclic amines) is 1. The number of amides is 5. The highest BCUT2D eigenvalue weighted by molar-refractivity contribution is 6.33. The maximum Gasteiger partial charge on any atom is 0.434 e. The summed E-state index contributed by atoms with van der Waals surface area (Å²) in [6.07, 6.45) is 2.46. The van der Waals surface area contributed by atoms with Crippen LogP contribution in [-0.2, 0) is 9.63 Å². The molecular formula is C27H32ClN5O5. The van der Waals surface area contributed by atoms with Crippen molar-refractivity contribution in [3.05, 3.63) is 64.7 Å². The van der Waals surface area contributed by atoms with E-state index in [-0.39, 0.29) is 12.5 Å². The van der Waals surface area contributed by atoms with E-state index in [0.29, 0.717) is 41.8 Å². The van der Waals surface area contributed by atoms with E-state index in [2.05, 4.69) is 24.4 Å². The number of carbonyl (C=O) groups is 4. The molecule has 0 saturated carbocycles. The first-order valence-electron chi connectivity index (χ1n) is 12.8. The third-order valence-corrected chi connectivity index (χ3v) is 6.93. The van der Waals surface area contributed by atoms with Gasteiger partial charge < -0.3 is 24.9 Å². The zero-order valence-electron chi connectivity index (χ0n) is 21.4. The van der Waals surface area contributed by atoms with Gasteiger partial charge in [-0.25, -0.2) is 9.59 Å². The SMILES string of the molecule is Cc1ccccc1.O=C(ON1C(=O)CNC1=O)N1CCN(c2ccc(C(=O)N3CCCCC3)cc2Cl)CC1. The second kappa shape index (κ2) is 12.6. The smallest absolute Gasteiger partial charge is 0.367 e. The van der Waals surface area contributed by atoms with Crippen LogP contribution in [0, 0.1) is 6.92 Å². The number of piperazine rings is 1. The molecule has 202 valence electrons. The second-order valence-corrected chi connectivity index (χ2v) is 9.76. The standard InChI is InChI=1S/C20H24ClN5O5.C7H8/c21-15-12-14(18(28)24-6-2-1-3-7-24)4-5-16(15)23-8-10-25(11-9-23)20(30)31-26-17(27)13-22-19(26)29;1-7-5-3-2-4-6-7/h4-5,12H,1-3,6-11,13H2,(H,22,29);2-6H,1H3. The Balaban J connectivity index is 0.000000417. The van der Waals surface area contributed by atoms with Crippen LogP contribution >= 0.6 is 11.6 Å². The molecular weight excluding hydrogens is 510 g/mol. The van der Waals surface area contributed by atoms with Crippen LogP contribution in [0.4, 0.5) is 15.3 Å². The first-order valence-corrected chi connectivity index (χ1v) is 13.1. The Morgan fingerprint density at radius 3 is 2.11 bits per heavy atom. The molecule has 3 saturated heterocycles. The predicted molar refractivity (Wildman–Crippen MR) is 143 cm³/mol. The Morgan fingerprint density at radius 2 is 1.55 bits per heavy atom. The Labute approximate surface area is 227 Å². The fourth-order valence-corrected chi connectivity index (χ4v) is 4.78. The summed E-state index contributed by atoms with van der Waals surface area (Å²) < 4.78 is 0. The predicted octanol–water partition coefficient (Wildman–Crippen LogP) is 3.69. The van der Waals surface area contributed by atoms with Crippen molar-refractivity contribution in [1.29, 1.82) is 0 Å². The van der Waals surface area contributed by atoms with Crippen LogP contribution in [0.2, 0.25) is 5.02 Å². The van der Waals surface area contributed by atoms with Gasteiger partial charge in [0, 0.05) is 44.8 Å². The molecule has 2 aromatic rings. The summed E-state index contributed by atoms with van der Waals surface area (Å²) >= 11 is 6.48. The monoisotopic (exact) mass is 541 g/mol. The van der Waals surface area contributed by atoms with Crippen molar-refractivity contribution in [3.8, 4) is 0 Å². The number of benzene rings is 2. The molecule has 3 aliphatic heterocycles. The summed E-state index contributed by atoms with van der Waals surface area (Å²) in [5, 5.41) is 3.22. The van der Waals surface area contributed by atoms with Crippen molar-refractivity contribution in [2.75, 3.05) is 50.7 Å². The first kappa shape index (κ1) is 27.3. The van der Waals surface area contributed by atoms with E-state index in [1.807, 2.05) is 34.1 Å². The highest BCUT2D eigenvalue weighted by atomic mass is 35.5. The zero-order chi connectivity index (χ0) is 27.1. The maximum atomic E-state index is 12.7. The van der Waals surface area contributed by atoms with Crippen LogP contribution in [0.1, 0.15) is 35.2 Å². The van der Waals surface area contributed by atoms with Gasteiger partial charge in [-0.3, -0.25) is 9.59 Å². The van der Waals surface area contributed by atoms with Crippen LogP contribution in [-0.4, -0.2) is 84.6 Å². The third-order valence-electron chi connectivity index (χ3n) is 6.63. The average Bonchev–Trinajstić information content (AvgIpc) is 3.26. The van der Waals surface area contributed by atoms with E-state index in [1.54, 1.807) is 12.1 Å². The number of hydroxylamine groups is 2. The van der Waals surface area contributed by atoms with Crippen LogP contribution < -0.4 is 10.2 Å². The molecule has 38 heavy (non-hydrogen) atoms. The van der Waals surface area contributed by atoms with Crippen LogP contribution in [0.25, 0.3) is 0 Å². The number of carbonyl (C=O) groups excluding carboxylic acids is 4. The molecule has 3 fully saturated rings. The molecule has 0 radical (unpaired) electrons. The van der Waals surface area contributed by atoms with Gasteiger partial charge in [-0.15, -0.1) is 0 Å². The number of piperidine rings is 1. The number of halogens is 1. The minimum absolute atomic E-state index is 0.00112. The summed E-state index contributed by atoms with van der Waals surface area (Å²) in [6.45, 7) is 5.12. The number of hydrogen-bond acceptors (Lipinski definition) is 6. The lowest BCUT2D eigenvalue weighted by atomic mass is 10.1. The number of hydrogen-bond donors (Lipinski definition) is 1. The lowest BCUT2D eigenvalue weighted by Gasteiger charge is -2.36. The largest absolute Gasteiger partial charge is 0.434 e. The Hall–Kier alpha value is -3.79. The van der Waals surface area contributed by atoms with Gasteiger partial charge in [0.05, 0.1) is 10.7 Å². The molecule has 1 N–H and O–H groups in total. The van der Waals surface area contributed by atoms with Gasteiger partial charge >= 0.3 is 12.1 Å². The molecule has 3 heterocycles. The van der Waals surface area contributed by atoms with E-state index < -0.39 is 18.0 Å². The molecule has 0 spiro atoms. The first-order chi connectivity index (χ1) is 18.3. The Morgan fingerprint density at radius 1 is 0.868 bits per heavy atom. The minimum atomic E-state index is -0.751. The number of imide groups is 1. The van der Waals surface area contributed by atoms with Crippen molar-refractivity contribution in [2.24, 2.45) is 0 Å². The highest BCUT2D eigenvalue weighted by Gasteiger charge is 2.35. The highest BCUT2D eigenvalue weighted by Crippen LogP contribution is 2.29. The van der Waals surface area contributed by atoms with Gasteiger partial charge in [-0.05, 0) is 44.4 Å². The number of urea groups is 1. The molecule has 0 aliphatic carbocycles. The summed E-state index contributed by atoms with van der Waals surface area (Å²) in [7, 11) is 0. The van der Waals surface area contributed by atoms with Crippen LogP contribution in [0.3, 0.4) is 0 Å². The summed E-state index contributed by atoms with van der Waals surface area (Å²) in [4.78, 5) is 58.2. The Kier molecular flexibility index (Phi) is 9.06. The molecule has 0 atom stereocenters. The van der Waals surface area contributed by atoms with Crippen molar-refractivity contribution in [3.63, 3.8) is 0 Å². The number of rotatable bonds is 3. The molecule has 5 amide bonds. The van der Waals surface area contributed by atoms with Gasteiger partial charge in [0.2, 0.25) is 0 Å². The number of anilines is 1. The molecule has 0 bridgehead atoms. The van der Waals surface area contributed by atoms with Crippen molar-refractivity contribution in [1.82, 2.24) is 20.2 Å². The van der Waals surface area contributed by atoms with Gasteiger partial charge in [-0.1, -0.05) is 52.6 Å². The van der Waals surface area contributed by atoms with Crippen LogP contribution in [0.15, 0.2) is 48.5 Å². The van der Waals surface area contributed by atoms with E-state index >= 15 is 0 Å². The normalized spacial score (nSPS) is 17.5. The Bertz CT molecular complexity index is 1150. The molecule has 2 aromatic carbocycles. The maximum absolute atomic E-state index is 12.7. The molecule has 10 nitrogen and oxygen atoms in total. The quantitative estimate of drug-likeness (QED) is 0.595. The summed E-state index contributed by atoms with van der Waals surface area (Å²) in [5.41, 5.74) is 2.69. The zero-order valence-corrected chi connectivity index (χ0v) is 22.2. The molecule has 0 unspecified atom stereocenters. The molecule has 0 aromatic heterocycles. The molecule has 11 heteroatoms. The van der Waals surface area contributed by atoms with E-state index in [1.165, 1.54) is 10.5 Å². The topological polar surface area (TPSA) is 102 Å². The van der Waals surface area contributed by atoms with E-state index in [4.69, 9.17) is 16.4 Å². The van der Waals surface area contributed by atoms with Crippen molar-refractivity contribution >= 4 is 41.2 Å². The minimum Gasteiger partial charge on any atom is -0.367 e. The summed E-state index contributed by atoms with van der Waals surface area (Å²) in [6, 6.07) is 14.8.